The van der Waals surface area contributed by atoms with Crippen LogP contribution in [0.3, 0.4) is 0 Å². The highest BCUT2D eigenvalue weighted by atomic mass is 16.5. The molecule has 168 valence electrons. The summed E-state index contributed by atoms with van der Waals surface area (Å²) in [4.78, 5) is 28.8. The monoisotopic (exact) mass is 440 g/mol. The first-order valence-corrected chi connectivity index (χ1v) is 11.2. The van der Waals surface area contributed by atoms with E-state index in [2.05, 4.69) is 0 Å². The molecule has 1 aliphatic heterocycles. The highest BCUT2D eigenvalue weighted by molar-refractivity contribution is 5.95. The number of ether oxygens (including phenoxy) is 1. The van der Waals surface area contributed by atoms with Gasteiger partial charge in [-0.05, 0) is 48.4 Å². The van der Waals surface area contributed by atoms with E-state index in [1.807, 2.05) is 96.8 Å². The summed E-state index contributed by atoms with van der Waals surface area (Å²) in [5.41, 5.74) is 3.87. The van der Waals surface area contributed by atoms with Crippen LogP contribution in [-0.4, -0.2) is 47.8 Å². The first-order chi connectivity index (χ1) is 16.1. The van der Waals surface area contributed by atoms with Crippen LogP contribution < -0.4 is 4.74 Å². The number of amides is 2. The summed E-state index contributed by atoms with van der Waals surface area (Å²) in [5, 5.41) is 0. The lowest BCUT2D eigenvalue weighted by Crippen LogP contribution is -2.50. The summed E-state index contributed by atoms with van der Waals surface area (Å²) in [7, 11) is 0. The molecular formula is C28H28N2O3. The SMILES string of the molecule is Cc1ccc(C(=O)N2CCN(C(=O)/C=C/c3ccc(OCc4ccccc4)cc3)CC2)cc1. The number of carbonyl (C=O) groups is 2. The van der Waals surface area contributed by atoms with Crippen LogP contribution >= 0.6 is 0 Å². The molecule has 0 spiro atoms. The maximum absolute atomic E-state index is 12.7. The highest BCUT2D eigenvalue weighted by Gasteiger charge is 2.23. The second kappa shape index (κ2) is 10.6. The maximum Gasteiger partial charge on any atom is 0.253 e. The Morgan fingerprint density at radius 1 is 0.818 bits per heavy atom. The maximum atomic E-state index is 12.7. The van der Waals surface area contributed by atoms with Gasteiger partial charge in [0.25, 0.3) is 5.91 Å². The minimum Gasteiger partial charge on any atom is -0.489 e. The number of aryl methyl sites for hydroxylation is 1. The van der Waals surface area contributed by atoms with Crippen LogP contribution in [0.1, 0.15) is 27.0 Å². The molecule has 33 heavy (non-hydrogen) atoms. The normalized spacial score (nSPS) is 13.8. The molecule has 1 fully saturated rings. The van der Waals surface area contributed by atoms with E-state index in [4.69, 9.17) is 4.74 Å². The molecule has 0 aromatic heterocycles. The first kappa shape index (κ1) is 22.3. The zero-order chi connectivity index (χ0) is 23.0. The van der Waals surface area contributed by atoms with E-state index in [0.29, 0.717) is 38.3 Å². The second-order valence-corrected chi connectivity index (χ2v) is 8.16. The van der Waals surface area contributed by atoms with Crippen LogP contribution in [0.2, 0.25) is 0 Å². The molecule has 5 heteroatoms. The fourth-order valence-corrected chi connectivity index (χ4v) is 3.70. The fourth-order valence-electron chi connectivity index (χ4n) is 3.70. The van der Waals surface area contributed by atoms with Gasteiger partial charge in [0.1, 0.15) is 12.4 Å². The molecule has 0 saturated carbocycles. The van der Waals surface area contributed by atoms with Crippen molar-refractivity contribution in [1.29, 1.82) is 0 Å². The van der Waals surface area contributed by atoms with E-state index in [0.717, 1.165) is 22.4 Å². The largest absolute Gasteiger partial charge is 0.489 e. The van der Waals surface area contributed by atoms with Crippen molar-refractivity contribution in [1.82, 2.24) is 9.80 Å². The van der Waals surface area contributed by atoms with Gasteiger partial charge >= 0.3 is 0 Å². The van der Waals surface area contributed by atoms with Crippen molar-refractivity contribution < 1.29 is 14.3 Å². The van der Waals surface area contributed by atoms with Crippen molar-refractivity contribution in [2.45, 2.75) is 13.5 Å². The highest BCUT2D eigenvalue weighted by Crippen LogP contribution is 2.16. The molecule has 0 N–H and O–H groups in total. The van der Waals surface area contributed by atoms with E-state index in [-0.39, 0.29) is 11.8 Å². The van der Waals surface area contributed by atoms with Crippen molar-refractivity contribution in [3.63, 3.8) is 0 Å². The van der Waals surface area contributed by atoms with Gasteiger partial charge in [-0.1, -0.05) is 60.2 Å². The van der Waals surface area contributed by atoms with Gasteiger partial charge < -0.3 is 14.5 Å². The molecule has 1 aliphatic rings. The van der Waals surface area contributed by atoms with Gasteiger partial charge in [-0.25, -0.2) is 0 Å². The summed E-state index contributed by atoms with van der Waals surface area (Å²) in [6.07, 6.45) is 3.41. The predicted molar refractivity (Wildman–Crippen MR) is 130 cm³/mol. The van der Waals surface area contributed by atoms with Crippen LogP contribution in [0.25, 0.3) is 6.08 Å². The van der Waals surface area contributed by atoms with Crippen molar-refractivity contribution in [2.75, 3.05) is 26.2 Å². The third-order valence-corrected chi connectivity index (χ3v) is 5.72. The Morgan fingerprint density at radius 3 is 2.12 bits per heavy atom. The van der Waals surface area contributed by atoms with Gasteiger partial charge in [0.15, 0.2) is 0 Å². The zero-order valence-electron chi connectivity index (χ0n) is 18.8. The summed E-state index contributed by atoms with van der Waals surface area (Å²) >= 11 is 0. The van der Waals surface area contributed by atoms with Gasteiger partial charge in [-0.15, -0.1) is 0 Å². The van der Waals surface area contributed by atoms with E-state index in [9.17, 15) is 9.59 Å². The number of nitrogens with zero attached hydrogens (tertiary/aromatic N) is 2. The van der Waals surface area contributed by atoms with Crippen molar-refractivity contribution in [3.8, 4) is 5.75 Å². The number of hydrogen-bond acceptors (Lipinski definition) is 3. The van der Waals surface area contributed by atoms with Crippen LogP contribution in [0.4, 0.5) is 0 Å². The lowest BCUT2D eigenvalue weighted by Gasteiger charge is -2.34. The quantitative estimate of drug-likeness (QED) is 0.528. The van der Waals surface area contributed by atoms with Crippen LogP contribution in [0.5, 0.6) is 5.75 Å². The Labute approximate surface area is 194 Å². The van der Waals surface area contributed by atoms with Crippen molar-refractivity contribution >= 4 is 17.9 Å². The molecule has 0 radical (unpaired) electrons. The molecule has 3 aromatic rings. The Morgan fingerprint density at radius 2 is 1.45 bits per heavy atom. The standard InChI is InChI=1S/C28H28N2O3/c1-22-7-12-25(13-8-22)28(32)30-19-17-29(18-20-30)27(31)16-11-23-9-14-26(15-10-23)33-21-24-5-3-2-4-6-24/h2-16H,17-21H2,1H3/b16-11+. The first-order valence-electron chi connectivity index (χ1n) is 11.2. The molecule has 0 atom stereocenters. The van der Waals surface area contributed by atoms with Crippen LogP contribution in [0, 0.1) is 6.92 Å². The Hall–Kier alpha value is -3.86. The Bertz CT molecular complexity index is 1100. The van der Waals surface area contributed by atoms with E-state index >= 15 is 0 Å². The predicted octanol–water partition coefficient (Wildman–Crippen LogP) is 4.57. The number of carbonyl (C=O) groups excluding carboxylic acids is 2. The van der Waals surface area contributed by atoms with Crippen molar-refractivity contribution in [3.05, 3.63) is 107 Å². The fraction of sp³-hybridized carbons (Fsp3) is 0.214. The van der Waals surface area contributed by atoms with Gasteiger partial charge in [-0.3, -0.25) is 9.59 Å². The molecule has 0 bridgehead atoms. The van der Waals surface area contributed by atoms with Gasteiger partial charge in [0.05, 0.1) is 0 Å². The molecule has 2 amide bonds. The second-order valence-electron chi connectivity index (χ2n) is 8.16. The molecule has 1 saturated heterocycles. The smallest absolute Gasteiger partial charge is 0.253 e. The Balaban J connectivity index is 1.25. The summed E-state index contributed by atoms with van der Waals surface area (Å²) < 4.78 is 5.80. The summed E-state index contributed by atoms with van der Waals surface area (Å²) in [6.45, 7) is 4.67. The minimum atomic E-state index is -0.0400. The van der Waals surface area contributed by atoms with Crippen LogP contribution in [-0.2, 0) is 11.4 Å². The molecule has 3 aromatic carbocycles. The van der Waals surface area contributed by atoms with Gasteiger partial charge in [0, 0.05) is 37.8 Å². The Kier molecular flexibility index (Phi) is 7.20. The lowest BCUT2D eigenvalue weighted by atomic mass is 10.1. The number of benzene rings is 3. The van der Waals surface area contributed by atoms with Gasteiger partial charge in [0.2, 0.25) is 5.91 Å². The molecule has 1 heterocycles. The molecule has 5 nitrogen and oxygen atoms in total. The van der Waals surface area contributed by atoms with E-state index in [1.54, 1.807) is 11.0 Å². The molecule has 0 aliphatic carbocycles. The number of hydrogen-bond donors (Lipinski definition) is 0. The van der Waals surface area contributed by atoms with E-state index in [1.165, 1.54) is 0 Å². The topological polar surface area (TPSA) is 49.9 Å². The molecular weight excluding hydrogens is 412 g/mol. The molecule has 0 unspecified atom stereocenters. The third-order valence-electron chi connectivity index (χ3n) is 5.72. The number of rotatable bonds is 6. The average Bonchev–Trinajstić information content (AvgIpc) is 2.87. The van der Waals surface area contributed by atoms with Crippen molar-refractivity contribution in [2.24, 2.45) is 0 Å². The lowest BCUT2D eigenvalue weighted by molar-refractivity contribution is -0.127. The third kappa shape index (κ3) is 6.10. The zero-order valence-corrected chi connectivity index (χ0v) is 18.8. The summed E-state index contributed by atoms with van der Waals surface area (Å²) in [5.74, 6) is 0.769. The van der Waals surface area contributed by atoms with Crippen LogP contribution in [0.15, 0.2) is 84.9 Å². The summed E-state index contributed by atoms with van der Waals surface area (Å²) in [6, 6.07) is 25.3. The van der Waals surface area contributed by atoms with Gasteiger partial charge in [-0.2, -0.15) is 0 Å². The average molecular weight is 441 g/mol. The van der Waals surface area contributed by atoms with E-state index < -0.39 is 0 Å². The number of piperazine rings is 1. The minimum absolute atomic E-state index is 0.0206. The molecule has 4 rings (SSSR count).